The Labute approximate surface area is 103 Å². The highest BCUT2D eigenvalue weighted by Gasteiger charge is 2.17. The zero-order valence-corrected chi connectivity index (χ0v) is 11.4. The Kier molecular flexibility index (Phi) is 2.94. The van der Waals surface area contributed by atoms with Gasteiger partial charge in [0.15, 0.2) is 0 Å². The first-order valence-electron chi connectivity index (χ1n) is 6.19. The number of nitrogens with zero attached hydrogens (tertiary/aromatic N) is 3. The van der Waals surface area contributed by atoms with Gasteiger partial charge in [-0.05, 0) is 12.0 Å². The van der Waals surface area contributed by atoms with Crippen LogP contribution in [-0.2, 0) is 12.0 Å². The van der Waals surface area contributed by atoms with Crippen molar-refractivity contribution >= 4 is 11.0 Å². The first-order chi connectivity index (χ1) is 7.88. The van der Waals surface area contributed by atoms with E-state index in [-0.39, 0.29) is 5.41 Å². The minimum absolute atomic E-state index is 0.0844. The van der Waals surface area contributed by atoms with E-state index in [0.717, 1.165) is 17.8 Å². The van der Waals surface area contributed by atoms with Crippen molar-refractivity contribution < 1.29 is 0 Å². The van der Waals surface area contributed by atoms with Crippen LogP contribution in [0.25, 0.3) is 11.0 Å². The average molecular weight is 231 g/mol. The van der Waals surface area contributed by atoms with Crippen LogP contribution in [0, 0.1) is 5.92 Å². The Morgan fingerprint density at radius 1 is 1.24 bits per heavy atom. The summed E-state index contributed by atoms with van der Waals surface area (Å²) in [5.41, 5.74) is 3.38. The number of aromatic nitrogens is 3. The molecule has 0 radical (unpaired) electrons. The molecule has 3 nitrogen and oxygen atoms in total. The van der Waals surface area contributed by atoms with Crippen molar-refractivity contribution in [3.05, 3.63) is 24.3 Å². The van der Waals surface area contributed by atoms with Crippen LogP contribution >= 0.6 is 0 Å². The molecule has 2 aromatic rings. The first-order valence-corrected chi connectivity index (χ1v) is 6.19. The molecule has 0 aliphatic carbocycles. The Hall–Kier alpha value is -1.38. The van der Waals surface area contributed by atoms with Gasteiger partial charge in [0.05, 0.1) is 18.0 Å². The lowest BCUT2D eigenvalue weighted by Crippen LogP contribution is -2.13. The highest BCUT2D eigenvalue weighted by Crippen LogP contribution is 2.23. The lowest BCUT2D eigenvalue weighted by molar-refractivity contribution is 0.531. The quantitative estimate of drug-likeness (QED) is 0.793. The van der Waals surface area contributed by atoms with E-state index in [1.807, 2.05) is 12.5 Å². The first kappa shape index (κ1) is 12.1. The maximum Gasteiger partial charge on any atom is 0.107 e. The topological polar surface area (TPSA) is 30.7 Å². The third-order valence-corrected chi connectivity index (χ3v) is 2.84. The number of imidazole rings is 1. The molecule has 2 rings (SSSR count). The molecule has 0 spiro atoms. The molecule has 0 saturated carbocycles. The van der Waals surface area contributed by atoms with Crippen LogP contribution in [0.4, 0.5) is 0 Å². The van der Waals surface area contributed by atoms with Gasteiger partial charge in [0.2, 0.25) is 0 Å². The van der Waals surface area contributed by atoms with E-state index in [1.165, 1.54) is 5.52 Å². The van der Waals surface area contributed by atoms with Gasteiger partial charge < -0.3 is 4.57 Å². The van der Waals surface area contributed by atoms with Crippen molar-refractivity contribution in [2.45, 2.75) is 46.6 Å². The summed E-state index contributed by atoms with van der Waals surface area (Å²) in [7, 11) is 0. The molecule has 0 bridgehead atoms. The van der Waals surface area contributed by atoms with Crippen LogP contribution < -0.4 is 0 Å². The standard InChI is InChI=1S/C14H21N3/c1-10(2)8-17-9-16-11-7-15-13(6-12(11)17)14(3,4)5/h6-7,9-10H,8H2,1-5H3. The van der Waals surface area contributed by atoms with Crippen molar-refractivity contribution in [1.29, 1.82) is 0 Å². The van der Waals surface area contributed by atoms with Crippen molar-refractivity contribution in [3.63, 3.8) is 0 Å². The minimum atomic E-state index is 0.0844. The Morgan fingerprint density at radius 2 is 1.94 bits per heavy atom. The molecule has 0 aliphatic heterocycles. The average Bonchev–Trinajstić information content (AvgIpc) is 2.59. The van der Waals surface area contributed by atoms with E-state index < -0.39 is 0 Å². The molecule has 0 aliphatic rings. The van der Waals surface area contributed by atoms with Crippen LogP contribution in [0.2, 0.25) is 0 Å². The Balaban J connectivity index is 2.50. The normalized spacial score (nSPS) is 12.6. The van der Waals surface area contributed by atoms with Gasteiger partial charge in [0, 0.05) is 17.7 Å². The highest BCUT2D eigenvalue weighted by atomic mass is 15.0. The molecular weight excluding hydrogens is 210 g/mol. The smallest absolute Gasteiger partial charge is 0.107 e. The molecule has 3 heteroatoms. The van der Waals surface area contributed by atoms with E-state index in [2.05, 4.69) is 55.2 Å². The van der Waals surface area contributed by atoms with Crippen molar-refractivity contribution in [2.24, 2.45) is 5.92 Å². The molecule has 17 heavy (non-hydrogen) atoms. The molecule has 2 aromatic heterocycles. The molecule has 92 valence electrons. The summed E-state index contributed by atoms with van der Waals surface area (Å²) in [6, 6.07) is 2.17. The summed E-state index contributed by atoms with van der Waals surface area (Å²) in [5, 5.41) is 0. The molecule has 0 fully saturated rings. The summed E-state index contributed by atoms with van der Waals surface area (Å²) in [6.45, 7) is 12.0. The van der Waals surface area contributed by atoms with Crippen LogP contribution in [0.3, 0.4) is 0 Å². The second-order valence-corrected chi connectivity index (χ2v) is 6.10. The van der Waals surface area contributed by atoms with Gasteiger partial charge in [-0.3, -0.25) is 4.98 Å². The number of fused-ring (bicyclic) bond motifs is 1. The summed E-state index contributed by atoms with van der Waals surface area (Å²) >= 11 is 0. The fourth-order valence-corrected chi connectivity index (χ4v) is 1.91. The van der Waals surface area contributed by atoms with Crippen LogP contribution in [0.5, 0.6) is 0 Å². The van der Waals surface area contributed by atoms with Crippen molar-refractivity contribution in [3.8, 4) is 0 Å². The summed E-state index contributed by atoms with van der Waals surface area (Å²) in [6.07, 6.45) is 3.80. The van der Waals surface area contributed by atoms with E-state index >= 15 is 0 Å². The third-order valence-electron chi connectivity index (χ3n) is 2.84. The zero-order chi connectivity index (χ0) is 12.6. The van der Waals surface area contributed by atoms with E-state index in [9.17, 15) is 0 Å². The molecule has 0 unspecified atom stereocenters. The molecule has 2 heterocycles. The molecular formula is C14H21N3. The maximum absolute atomic E-state index is 4.49. The summed E-state index contributed by atoms with van der Waals surface area (Å²) in [4.78, 5) is 8.89. The van der Waals surface area contributed by atoms with Gasteiger partial charge in [-0.15, -0.1) is 0 Å². The lowest BCUT2D eigenvalue weighted by Gasteiger charge is -2.17. The van der Waals surface area contributed by atoms with Crippen molar-refractivity contribution in [2.75, 3.05) is 0 Å². The maximum atomic E-state index is 4.49. The highest BCUT2D eigenvalue weighted by molar-refractivity contribution is 5.74. The predicted molar refractivity (Wildman–Crippen MR) is 71.1 cm³/mol. The van der Waals surface area contributed by atoms with Gasteiger partial charge >= 0.3 is 0 Å². The molecule has 0 N–H and O–H groups in total. The molecule has 0 amide bonds. The van der Waals surface area contributed by atoms with Crippen LogP contribution in [0.15, 0.2) is 18.6 Å². The minimum Gasteiger partial charge on any atom is -0.330 e. The largest absolute Gasteiger partial charge is 0.330 e. The van der Waals surface area contributed by atoms with Gasteiger partial charge in [-0.2, -0.15) is 0 Å². The Bertz CT molecular complexity index is 518. The zero-order valence-electron chi connectivity index (χ0n) is 11.4. The SMILES string of the molecule is CC(C)Cn1cnc2cnc(C(C)(C)C)cc21. The second-order valence-electron chi connectivity index (χ2n) is 6.10. The predicted octanol–water partition coefficient (Wildman–Crippen LogP) is 3.38. The third kappa shape index (κ3) is 2.48. The van der Waals surface area contributed by atoms with Gasteiger partial charge in [0.1, 0.15) is 5.52 Å². The summed E-state index contributed by atoms with van der Waals surface area (Å²) in [5.74, 6) is 0.624. The molecule has 0 saturated heterocycles. The second kappa shape index (κ2) is 4.13. The van der Waals surface area contributed by atoms with Crippen LogP contribution in [-0.4, -0.2) is 14.5 Å². The van der Waals surface area contributed by atoms with Crippen LogP contribution in [0.1, 0.15) is 40.3 Å². The van der Waals surface area contributed by atoms with Gasteiger partial charge in [-0.25, -0.2) is 4.98 Å². The van der Waals surface area contributed by atoms with E-state index in [1.54, 1.807) is 0 Å². The lowest BCUT2D eigenvalue weighted by atomic mass is 9.91. The van der Waals surface area contributed by atoms with Gasteiger partial charge in [-0.1, -0.05) is 34.6 Å². The fraction of sp³-hybridized carbons (Fsp3) is 0.571. The number of hydrogen-bond acceptors (Lipinski definition) is 2. The molecule has 0 aromatic carbocycles. The monoisotopic (exact) mass is 231 g/mol. The van der Waals surface area contributed by atoms with Gasteiger partial charge in [0.25, 0.3) is 0 Å². The number of hydrogen-bond donors (Lipinski definition) is 0. The summed E-state index contributed by atoms with van der Waals surface area (Å²) < 4.78 is 2.22. The molecule has 0 atom stereocenters. The van der Waals surface area contributed by atoms with E-state index in [0.29, 0.717) is 5.92 Å². The van der Waals surface area contributed by atoms with Crippen molar-refractivity contribution in [1.82, 2.24) is 14.5 Å². The number of rotatable bonds is 2. The fourth-order valence-electron chi connectivity index (χ4n) is 1.91. The van der Waals surface area contributed by atoms with E-state index in [4.69, 9.17) is 0 Å². The Morgan fingerprint density at radius 3 is 2.53 bits per heavy atom. The number of pyridine rings is 1.